The normalized spacial score (nSPS) is 9.94. The average molecular weight is 222 g/mol. The van der Waals surface area contributed by atoms with Crippen molar-refractivity contribution in [2.24, 2.45) is 0 Å². The molecule has 0 radical (unpaired) electrons. The molecule has 0 atom stereocenters. The van der Waals surface area contributed by atoms with E-state index in [1.54, 1.807) is 6.20 Å². The molecule has 0 bridgehead atoms. The molecule has 0 spiro atoms. The molecule has 1 amide bonds. The highest BCUT2D eigenvalue weighted by molar-refractivity contribution is 5.72. The molecule has 16 heavy (non-hydrogen) atoms. The first-order valence-corrected chi connectivity index (χ1v) is 5.35. The molecule has 0 unspecified atom stereocenters. The molecule has 1 aromatic heterocycles. The van der Waals surface area contributed by atoms with E-state index in [1.165, 1.54) is 6.92 Å². The summed E-state index contributed by atoms with van der Waals surface area (Å²) in [5.74, 6) is 0.734. The Hall–Kier alpha value is -1.65. The maximum Gasteiger partial charge on any atom is 0.225 e. The van der Waals surface area contributed by atoms with E-state index in [0.29, 0.717) is 6.54 Å². The number of aromatic nitrogens is 2. The van der Waals surface area contributed by atoms with Crippen molar-refractivity contribution < 1.29 is 4.79 Å². The summed E-state index contributed by atoms with van der Waals surface area (Å²) in [6, 6.07) is 1.87. The Kier molecular flexibility index (Phi) is 4.69. The monoisotopic (exact) mass is 222 g/mol. The van der Waals surface area contributed by atoms with Gasteiger partial charge in [-0.3, -0.25) is 4.79 Å². The van der Waals surface area contributed by atoms with E-state index < -0.39 is 0 Å². The van der Waals surface area contributed by atoms with Gasteiger partial charge >= 0.3 is 0 Å². The third kappa shape index (κ3) is 4.25. The van der Waals surface area contributed by atoms with Gasteiger partial charge in [0.15, 0.2) is 0 Å². The Morgan fingerprint density at radius 2 is 2.31 bits per heavy atom. The molecule has 1 rings (SSSR count). The zero-order valence-corrected chi connectivity index (χ0v) is 10.0. The van der Waals surface area contributed by atoms with Gasteiger partial charge in [0.1, 0.15) is 0 Å². The van der Waals surface area contributed by atoms with Crippen LogP contribution in [0.3, 0.4) is 0 Å². The first kappa shape index (κ1) is 12.4. The molecule has 1 heterocycles. The molecule has 0 fully saturated rings. The molecule has 0 aromatic carbocycles. The van der Waals surface area contributed by atoms with Gasteiger partial charge in [-0.05, 0) is 19.4 Å². The molecule has 0 aliphatic carbocycles. The number of amides is 1. The molecular formula is C11H18N4O. The quantitative estimate of drug-likeness (QED) is 0.747. The summed E-state index contributed by atoms with van der Waals surface area (Å²) in [6.45, 7) is 4.97. The molecule has 88 valence electrons. The van der Waals surface area contributed by atoms with Crippen LogP contribution in [0.25, 0.3) is 0 Å². The number of aryl methyl sites for hydroxylation is 1. The summed E-state index contributed by atoms with van der Waals surface area (Å²) in [7, 11) is 1.95. The van der Waals surface area contributed by atoms with Crippen molar-refractivity contribution in [1.29, 1.82) is 0 Å². The standard InChI is InChI=1S/C11H18N4O/c1-9-5-7-13-11(14-9)15(3)8-4-6-12-10(2)16/h5,7H,4,6,8H2,1-3H3,(H,12,16). The van der Waals surface area contributed by atoms with Crippen molar-refractivity contribution in [3.63, 3.8) is 0 Å². The second-order valence-electron chi connectivity index (χ2n) is 3.76. The van der Waals surface area contributed by atoms with Crippen molar-refractivity contribution in [2.75, 3.05) is 25.0 Å². The van der Waals surface area contributed by atoms with Crippen molar-refractivity contribution in [3.05, 3.63) is 18.0 Å². The van der Waals surface area contributed by atoms with Gasteiger partial charge in [0, 0.05) is 39.0 Å². The van der Waals surface area contributed by atoms with Gasteiger partial charge in [0.05, 0.1) is 0 Å². The number of nitrogens with one attached hydrogen (secondary N) is 1. The molecule has 0 saturated carbocycles. The van der Waals surface area contributed by atoms with Crippen LogP contribution < -0.4 is 10.2 Å². The lowest BCUT2D eigenvalue weighted by atomic mass is 10.4. The van der Waals surface area contributed by atoms with Gasteiger partial charge in [0.2, 0.25) is 11.9 Å². The number of carbonyl (C=O) groups excluding carboxylic acids is 1. The summed E-state index contributed by atoms with van der Waals surface area (Å²) >= 11 is 0. The zero-order chi connectivity index (χ0) is 12.0. The second kappa shape index (κ2) is 6.05. The highest BCUT2D eigenvalue weighted by Gasteiger charge is 2.03. The minimum Gasteiger partial charge on any atom is -0.356 e. The van der Waals surface area contributed by atoms with Gasteiger partial charge in [-0.2, -0.15) is 0 Å². The Balaban J connectivity index is 2.35. The van der Waals surface area contributed by atoms with Crippen LogP contribution in [0.4, 0.5) is 5.95 Å². The average Bonchev–Trinajstić information content (AvgIpc) is 2.24. The van der Waals surface area contributed by atoms with E-state index in [-0.39, 0.29) is 5.91 Å². The fourth-order valence-corrected chi connectivity index (χ4v) is 1.30. The summed E-state index contributed by atoms with van der Waals surface area (Å²) in [5.41, 5.74) is 0.957. The Morgan fingerprint density at radius 3 is 2.94 bits per heavy atom. The molecular weight excluding hydrogens is 204 g/mol. The smallest absolute Gasteiger partial charge is 0.225 e. The molecule has 5 heteroatoms. The zero-order valence-electron chi connectivity index (χ0n) is 10.0. The highest BCUT2D eigenvalue weighted by atomic mass is 16.1. The van der Waals surface area contributed by atoms with E-state index in [2.05, 4.69) is 15.3 Å². The minimum absolute atomic E-state index is 0.00876. The molecule has 0 saturated heterocycles. The van der Waals surface area contributed by atoms with Crippen molar-refractivity contribution in [1.82, 2.24) is 15.3 Å². The summed E-state index contributed by atoms with van der Waals surface area (Å²) < 4.78 is 0. The fourth-order valence-electron chi connectivity index (χ4n) is 1.30. The number of anilines is 1. The lowest BCUT2D eigenvalue weighted by molar-refractivity contribution is -0.118. The highest BCUT2D eigenvalue weighted by Crippen LogP contribution is 2.04. The molecule has 5 nitrogen and oxygen atoms in total. The summed E-state index contributed by atoms with van der Waals surface area (Å²) in [4.78, 5) is 21.1. The van der Waals surface area contributed by atoms with Crippen molar-refractivity contribution in [3.8, 4) is 0 Å². The fraction of sp³-hybridized carbons (Fsp3) is 0.545. The van der Waals surface area contributed by atoms with E-state index in [1.807, 2.05) is 24.9 Å². The predicted molar refractivity (Wildman–Crippen MR) is 63.3 cm³/mol. The third-order valence-electron chi connectivity index (χ3n) is 2.17. The molecule has 0 aliphatic heterocycles. The van der Waals surface area contributed by atoms with Crippen molar-refractivity contribution in [2.45, 2.75) is 20.3 Å². The van der Waals surface area contributed by atoms with E-state index >= 15 is 0 Å². The number of nitrogens with zero attached hydrogens (tertiary/aromatic N) is 3. The SMILES string of the molecule is CC(=O)NCCCN(C)c1nccc(C)n1. The lowest BCUT2D eigenvalue weighted by Gasteiger charge is -2.16. The second-order valence-corrected chi connectivity index (χ2v) is 3.76. The number of hydrogen-bond acceptors (Lipinski definition) is 4. The van der Waals surface area contributed by atoms with Crippen LogP contribution in [0.15, 0.2) is 12.3 Å². The Bertz CT molecular complexity index is 354. The minimum atomic E-state index is 0.00876. The number of rotatable bonds is 5. The molecule has 1 aromatic rings. The van der Waals surface area contributed by atoms with E-state index in [9.17, 15) is 4.79 Å². The number of hydrogen-bond donors (Lipinski definition) is 1. The first-order valence-electron chi connectivity index (χ1n) is 5.35. The Labute approximate surface area is 95.9 Å². The lowest BCUT2D eigenvalue weighted by Crippen LogP contribution is -2.27. The number of carbonyl (C=O) groups is 1. The predicted octanol–water partition coefficient (Wildman–Crippen LogP) is 0.747. The van der Waals surface area contributed by atoms with Crippen LogP contribution in [0, 0.1) is 6.92 Å². The van der Waals surface area contributed by atoms with Gasteiger partial charge in [0.25, 0.3) is 0 Å². The van der Waals surface area contributed by atoms with Crippen LogP contribution in [-0.2, 0) is 4.79 Å². The van der Waals surface area contributed by atoms with Crippen LogP contribution in [0.1, 0.15) is 19.0 Å². The van der Waals surface area contributed by atoms with Gasteiger partial charge < -0.3 is 10.2 Å². The maximum atomic E-state index is 10.7. The first-order chi connectivity index (χ1) is 7.59. The van der Waals surface area contributed by atoms with Gasteiger partial charge in [-0.1, -0.05) is 0 Å². The van der Waals surface area contributed by atoms with E-state index in [0.717, 1.165) is 24.6 Å². The van der Waals surface area contributed by atoms with E-state index in [4.69, 9.17) is 0 Å². The Morgan fingerprint density at radius 1 is 1.56 bits per heavy atom. The van der Waals surface area contributed by atoms with Crippen LogP contribution in [-0.4, -0.2) is 36.0 Å². The molecule has 0 aliphatic rings. The van der Waals surface area contributed by atoms with Crippen molar-refractivity contribution >= 4 is 11.9 Å². The van der Waals surface area contributed by atoms with Gasteiger partial charge in [-0.25, -0.2) is 9.97 Å². The van der Waals surface area contributed by atoms with Crippen LogP contribution in [0.2, 0.25) is 0 Å². The maximum absolute atomic E-state index is 10.7. The van der Waals surface area contributed by atoms with Gasteiger partial charge in [-0.15, -0.1) is 0 Å². The third-order valence-corrected chi connectivity index (χ3v) is 2.17. The summed E-state index contributed by atoms with van der Waals surface area (Å²) in [5, 5.41) is 2.76. The largest absolute Gasteiger partial charge is 0.356 e. The van der Waals surface area contributed by atoms with Crippen LogP contribution >= 0.6 is 0 Å². The summed E-state index contributed by atoms with van der Waals surface area (Å²) in [6.07, 6.45) is 2.63. The molecule has 1 N–H and O–H groups in total. The topological polar surface area (TPSA) is 58.1 Å². The van der Waals surface area contributed by atoms with Crippen LogP contribution in [0.5, 0.6) is 0 Å².